The van der Waals surface area contributed by atoms with E-state index >= 15 is 0 Å². The number of hydrogen-bond acceptors (Lipinski definition) is 1. The molecule has 0 saturated heterocycles. The average Bonchev–Trinajstić information content (AvgIpc) is 3.35. The number of hydrogen-bond donors (Lipinski definition) is 0. The number of nitrogens with zero attached hydrogens (tertiary/aromatic N) is 2. The number of unbranched alkanes of at least 4 members (excludes halogenated alkanes) is 3. The molecule has 216 valence electrons. The van der Waals surface area contributed by atoms with Crippen molar-refractivity contribution in [3.05, 3.63) is 117 Å². The van der Waals surface area contributed by atoms with Crippen LogP contribution >= 0.6 is 0 Å². The largest absolute Gasteiger partial charge is 0.299 e. The van der Waals surface area contributed by atoms with Gasteiger partial charge in [-0.15, -0.1) is 0 Å². The molecule has 0 aliphatic rings. The summed E-state index contributed by atoms with van der Waals surface area (Å²) in [6, 6.07) is 25.0. The van der Waals surface area contributed by atoms with E-state index in [2.05, 4.69) is 133 Å². The first-order valence-corrected chi connectivity index (χ1v) is 15.6. The molecule has 1 aromatic heterocycles. The molecule has 0 saturated carbocycles. The second-order valence-electron chi connectivity index (χ2n) is 12.4. The zero-order chi connectivity index (χ0) is 30.0. The minimum atomic E-state index is 0.982. The van der Waals surface area contributed by atoms with Crippen LogP contribution in [0.3, 0.4) is 0 Å². The highest BCUT2D eigenvalue weighted by Gasteiger charge is 2.18. The Bertz CT molecular complexity index is 1670. The van der Waals surface area contributed by atoms with Crippen LogP contribution in [0, 0.1) is 48.5 Å². The van der Waals surface area contributed by atoms with Gasteiger partial charge >= 0.3 is 0 Å². The molecule has 0 amide bonds. The van der Waals surface area contributed by atoms with Gasteiger partial charge in [-0.3, -0.25) is 4.57 Å². The van der Waals surface area contributed by atoms with Crippen LogP contribution in [0.25, 0.3) is 39.5 Å². The van der Waals surface area contributed by atoms with E-state index in [0.717, 1.165) is 29.1 Å². The fraction of sp³-hybridized carbons (Fsp3) is 0.325. The molecule has 0 spiro atoms. The molecule has 1 heterocycles. The predicted molar refractivity (Wildman–Crippen MR) is 181 cm³/mol. The molecule has 0 bridgehead atoms. The van der Waals surface area contributed by atoms with Crippen molar-refractivity contribution in [1.82, 2.24) is 9.55 Å². The summed E-state index contributed by atoms with van der Waals surface area (Å²) in [7, 11) is 0. The maximum Gasteiger partial charge on any atom is 0.145 e. The Morgan fingerprint density at radius 3 is 1.86 bits per heavy atom. The van der Waals surface area contributed by atoms with Gasteiger partial charge in [-0.05, 0) is 118 Å². The van der Waals surface area contributed by atoms with Gasteiger partial charge in [-0.1, -0.05) is 91.4 Å². The Balaban J connectivity index is 1.66. The zero-order valence-corrected chi connectivity index (χ0v) is 26.9. The van der Waals surface area contributed by atoms with E-state index in [4.69, 9.17) is 4.98 Å². The lowest BCUT2D eigenvalue weighted by atomic mass is 9.93. The van der Waals surface area contributed by atoms with Gasteiger partial charge < -0.3 is 0 Å². The topological polar surface area (TPSA) is 17.8 Å². The molecule has 4 aromatic carbocycles. The fourth-order valence-electron chi connectivity index (χ4n) is 6.79. The minimum absolute atomic E-state index is 0.982. The van der Waals surface area contributed by atoms with Crippen molar-refractivity contribution in [2.45, 2.75) is 87.5 Å². The van der Waals surface area contributed by atoms with Crippen LogP contribution in [0.1, 0.15) is 77.1 Å². The van der Waals surface area contributed by atoms with Crippen LogP contribution in [0.15, 0.2) is 72.9 Å². The molecular formula is C40H46N2. The lowest BCUT2D eigenvalue weighted by Crippen LogP contribution is -2.03. The maximum absolute atomic E-state index is 5.34. The van der Waals surface area contributed by atoms with E-state index in [1.807, 2.05) is 0 Å². The Morgan fingerprint density at radius 2 is 1.21 bits per heavy atom. The Morgan fingerprint density at radius 1 is 0.595 bits per heavy atom. The van der Waals surface area contributed by atoms with Gasteiger partial charge in [0.2, 0.25) is 0 Å². The zero-order valence-electron chi connectivity index (χ0n) is 26.9. The minimum Gasteiger partial charge on any atom is -0.299 e. The Hall–Kier alpha value is -3.91. The van der Waals surface area contributed by atoms with Crippen molar-refractivity contribution in [3.8, 4) is 39.5 Å². The third kappa shape index (κ3) is 6.28. The standard InChI is InChI=1S/C40H46N2/c1-9-10-11-12-14-33-22-31(7)39(32(8)23-33)42-25-37(36-20-26(2)17-27(3)21-36)41-40(42)35-16-13-15-34(24-35)38-29(5)18-28(4)19-30(38)6/h13,15-25H,9-12,14H2,1-8H3. The highest BCUT2D eigenvalue weighted by atomic mass is 15.1. The van der Waals surface area contributed by atoms with Gasteiger partial charge in [0.1, 0.15) is 5.82 Å². The van der Waals surface area contributed by atoms with Crippen molar-refractivity contribution in [3.63, 3.8) is 0 Å². The van der Waals surface area contributed by atoms with E-state index in [-0.39, 0.29) is 0 Å². The molecule has 0 aliphatic carbocycles. The van der Waals surface area contributed by atoms with Gasteiger partial charge in [0, 0.05) is 17.3 Å². The highest BCUT2D eigenvalue weighted by Crippen LogP contribution is 2.35. The number of aromatic nitrogens is 2. The highest BCUT2D eigenvalue weighted by molar-refractivity contribution is 5.77. The van der Waals surface area contributed by atoms with Crippen molar-refractivity contribution in [2.24, 2.45) is 0 Å². The summed E-state index contributed by atoms with van der Waals surface area (Å²) in [4.78, 5) is 5.34. The molecule has 0 fully saturated rings. The van der Waals surface area contributed by atoms with E-state index in [1.54, 1.807) is 0 Å². The fourth-order valence-corrected chi connectivity index (χ4v) is 6.79. The second-order valence-corrected chi connectivity index (χ2v) is 12.4. The molecule has 0 aliphatic heterocycles. The van der Waals surface area contributed by atoms with E-state index in [0.29, 0.717) is 0 Å². The lowest BCUT2D eigenvalue weighted by Gasteiger charge is -2.17. The molecule has 0 radical (unpaired) electrons. The summed E-state index contributed by atoms with van der Waals surface area (Å²) >= 11 is 0. The summed E-state index contributed by atoms with van der Waals surface area (Å²) in [6.07, 6.45) is 8.53. The number of aryl methyl sites for hydroxylation is 8. The van der Waals surface area contributed by atoms with Crippen molar-refractivity contribution in [1.29, 1.82) is 0 Å². The molecule has 0 N–H and O–H groups in total. The molecule has 2 heteroatoms. The summed E-state index contributed by atoms with van der Waals surface area (Å²) in [6.45, 7) is 17.7. The Labute approximate surface area is 253 Å². The van der Waals surface area contributed by atoms with Crippen molar-refractivity contribution < 1.29 is 0 Å². The molecule has 42 heavy (non-hydrogen) atoms. The van der Waals surface area contributed by atoms with Crippen LogP contribution in [0.5, 0.6) is 0 Å². The first kappa shape index (κ1) is 29.6. The molecule has 0 unspecified atom stereocenters. The van der Waals surface area contributed by atoms with Gasteiger partial charge in [0.05, 0.1) is 11.4 Å². The summed E-state index contributed by atoms with van der Waals surface area (Å²) in [5.41, 5.74) is 17.6. The normalized spacial score (nSPS) is 11.3. The van der Waals surface area contributed by atoms with Crippen molar-refractivity contribution >= 4 is 0 Å². The molecular weight excluding hydrogens is 508 g/mol. The molecule has 5 rings (SSSR count). The quantitative estimate of drug-likeness (QED) is 0.166. The number of rotatable bonds is 9. The van der Waals surface area contributed by atoms with E-state index in [1.165, 1.54) is 87.0 Å². The van der Waals surface area contributed by atoms with Crippen LogP contribution < -0.4 is 0 Å². The molecule has 2 nitrogen and oxygen atoms in total. The molecule has 5 aromatic rings. The third-order valence-electron chi connectivity index (χ3n) is 8.42. The van der Waals surface area contributed by atoms with Crippen LogP contribution in [0.4, 0.5) is 0 Å². The monoisotopic (exact) mass is 554 g/mol. The van der Waals surface area contributed by atoms with Crippen molar-refractivity contribution in [2.75, 3.05) is 0 Å². The second kappa shape index (κ2) is 12.5. The summed E-state index contributed by atoms with van der Waals surface area (Å²) in [5, 5.41) is 0. The van der Waals surface area contributed by atoms with Crippen LogP contribution in [0.2, 0.25) is 0 Å². The SMILES string of the molecule is CCCCCCc1cc(C)c(-n2cc(-c3cc(C)cc(C)c3)nc2-c2cccc(-c3c(C)cc(C)cc3C)c2)c(C)c1. The smallest absolute Gasteiger partial charge is 0.145 e. The summed E-state index contributed by atoms with van der Waals surface area (Å²) < 4.78 is 2.34. The van der Waals surface area contributed by atoms with Gasteiger partial charge in [-0.2, -0.15) is 0 Å². The van der Waals surface area contributed by atoms with E-state index in [9.17, 15) is 0 Å². The van der Waals surface area contributed by atoms with Crippen LogP contribution in [-0.2, 0) is 6.42 Å². The third-order valence-corrected chi connectivity index (χ3v) is 8.42. The maximum atomic E-state index is 5.34. The first-order chi connectivity index (χ1) is 20.1. The lowest BCUT2D eigenvalue weighted by molar-refractivity contribution is 0.666. The average molecular weight is 555 g/mol. The van der Waals surface area contributed by atoms with Gasteiger partial charge in [-0.25, -0.2) is 4.98 Å². The predicted octanol–water partition coefficient (Wildman–Crippen LogP) is 11.2. The molecule has 0 atom stereocenters. The Kier molecular flexibility index (Phi) is 8.82. The van der Waals surface area contributed by atoms with Gasteiger partial charge in [0.15, 0.2) is 0 Å². The van der Waals surface area contributed by atoms with Crippen LogP contribution in [-0.4, -0.2) is 9.55 Å². The number of benzene rings is 4. The number of imidazole rings is 1. The van der Waals surface area contributed by atoms with Gasteiger partial charge in [0.25, 0.3) is 0 Å². The van der Waals surface area contributed by atoms with E-state index < -0.39 is 0 Å². The summed E-state index contributed by atoms with van der Waals surface area (Å²) in [5.74, 6) is 0.982. The first-order valence-electron chi connectivity index (χ1n) is 15.6.